The molecule has 1 rings (SSSR count). The van der Waals surface area contributed by atoms with Gasteiger partial charge in [0.25, 0.3) is 0 Å². The van der Waals surface area contributed by atoms with E-state index in [-0.39, 0.29) is 18.0 Å². The summed E-state index contributed by atoms with van der Waals surface area (Å²) in [6.45, 7) is 3.68. The number of allylic oxidation sites excluding steroid dienone is 3. The van der Waals surface area contributed by atoms with Crippen molar-refractivity contribution in [2.45, 2.75) is 84.2 Å². The zero-order chi connectivity index (χ0) is 17.6. The highest BCUT2D eigenvalue weighted by Gasteiger charge is 2.23. The molecule has 136 valence electrons. The number of carbonyl (C=O) groups excluding carboxylic acids is 2. The van der Waals surface area contributed by atoms with Crippen molar-refractivity contribution in [1.82, 2.24) is 0 Å². The molecular formula is C21H34O3. The molecular weight excluding hydrogens is 300 g/mol. The minimum atomic E-state index is -0.226. The summed E-state index contributed by atoms with van der Waals surface area (Å²) in [5.41, 5.74) is 0. The maximum atomic E-state index is 11.2. The molecule has 0 aromatic carbocycles. The average Bonchev–Trinajstić information content (AvgIpc) is 3.01. The quantitative estimate of drug-likeness (QED) is 0.208. The van der Waals surface area contributed by atoms with E-state index in [4.69, 9.17) is 4.74 Å². The van der Waals surface area contributed by atoms with Crippen LogP contribution < -0.4 is 0 Å². The molecule has 1 aliphatic rings. The summed E-state index contributed by atoms with van der Waals surface area (Å²) in [5, 5.41) is 0. The van der Waals surface area contributed by atoms with Crippen molar-refractivity contribution in [3.05, 3.63) is 24.3 Å². The predicted octanol–water partition coefficient (Wildman–Crippen LogP) is 5.40. The van der Waals surface area contributed by atoms with Gasteiger partial charge in [-0.15, -0.1) is 0 Å². The topological polar surface area (TPSA) is 43.4 Å². The number of ether oxygens (including phenoxy) is 1. The van der Waals surface area contributed by atoms with Crippen LogP contribution in [-0.4, -0.2) is 18.4 Å². The van der Waals surface area contributed by atoms with Gasteiger partial charge in [-0.05, 0) is 37.7 Å². The van der Waals surface area contributed by atoms with Crippen LogP contribution in [0.15, 0.2) is 24.3 Å². The lowest BCUT2D eigenvalue weighted by Crippen LogP contribution is -2.13. The van der Waals surface area contributed by atoms with Crippen LogP contribution in [-0.2, 0) is 14.3 Å². The molecule has 0 bridgehead atoms. The Morgan fingerprint density at radius 3 is 2.50 bits per heavy atom. The largest absolute Gasteiger partial charge is 0.458 e. The minimum Gasteiger partial charge on any atom is -0.458 e. The zero-order valence-electron chi connectivity index (χ0n) is 15.4. The molecule has 0 aromatic rings. The first kappa shape index (κ1) is 20.7. The Labute approximate surface area is 147 Å². The summed E-state index contributed by atoms with van der Waals surface area (Å²) in [6, 6.07) is 0. The normalized spacial score (nSPS) is 22.2. The maximum Gasteiger partial charge on any atom is 0.303 e. The fourth-order valence-electron chi connectivity index (χ4n) is 3.35. The number of esters is 1. The van der Waals surface area contributed by atoms with Crippen molar-refractivity contribution in [3.8, 4) is 0 Å². The van der Waals surface area contributed by atoms with E-state index < -0.39 is 0 Å². The third-order valence-electron chi connectivity index (χ3n) is 4.75. The van der Waals surface area contributed by atoms with Gasteiger partial charge in [-0.3, -0.25) is 4.79 Å². The van der Waals surface area contributed by atoms with Crippen LogP contribution in [0.1, 0.15) is 78.1 Å². The second-order valence-electron chi connectivity index (χ2n) is 6.87. The van der Waals surface area contributed by atoms with E-state index in [1.165, 1.54) is 39.0 Å². The molecule has 3 heteroatoms. The van der Waals surface area contributed by atoms with E-state index in [9.17, 15) is 9.59 Å². The van der Waals surface area contributed by atoms with Crippen molar-refractivity contribution in [2.24, 2.45) is 11.8 Å². The predicted molar refractivity (Wildman–Crippen MR) is 98.7 cm³/mol. The minimum absolute atomic E-state index is 0.135. The van der Waals surface area contributed by atoms with Gasteiger partial charge in [0.15, 0.2) is 0 Å². The number of aldehydes is 1. The Hall–Kier alpha value is -1.38. The summed E-state index contributed by atoms with van der Waals surface area (Å²) >= 11 is 0. The maximum absolute atomic E-state index is 11.2. The highest BCUT2D eigenvalue weighted by molar-refractivity contribution is 5.66. The Morgan fingerprint density at radius 1 is 1.08 bits per heavy atom. The van der Waals surface area contributed by atoms with Gasteiger partial charge < -0.3 is 9.53 Å². The summed E-state index contributed by atoms with van der Waals surface area (Å²) < 4.78 is 5.38. The number of unbranched alkanes of at least 4 members (excludes halogenated alkanes) is 5. The van der Waals surface area contributed by atoms with Gasteiger partial charge in [-0.25, -0.2) is 0 Å². The monoisotopic (exact) mass is 334 g/mol. The van der Waals surface area contributed by atoms with E-state index in [1.54, 1.807) is 0 Å². The zero-order valence-corrected chi connectivity index (χ0v) is 15.4. The van der Waals surface area contributed by atoms with Crippen molar-refractivity contribution in [3.63, 3.8) is 0 Å². The molecule has 3 nitrogen and oxygen atoms in total. The number of hydrogen-bond acceptors (Lipinski definition) is 3. The molecule has 1 unspecified atom stereocenters. The Morgan fingerprint density at radius 2 is 1.79 bits per heavy atom. The molecule has 0 N–H and O–H groups in total. The van der Waals surface area contributed by atoms with Gasteiger partial charge in [0, 0.05) is 12.8 Å². The molecule has 24 heavy (non-hydrogen) atoms. The molecule has 0 radical (unpaired) electrons. The van der Waals surface area contributed by atoms with Gasteiger partial charge in [0.2, 0.25) is 0 Å². The Kier molecular flexibility index (Phi) is 11.2. The van der Waals surface area contributed by atoms with Crippen molar-refractivity contribution in [1.29, 1.82) is 0 Å². The lowest BCUT2D eigenvalue weighted by Gasteiger charge is -2.13. The van der Waals surface area contributed by atoms with Crippen molar-refractivity contribution in [2.75, 3.05) is 0 Å². The van der Waals surface area contributed by atoms with Gasteiger partial charge >= 0.3 is 5.97 Å². The van der Waals surface area contributed by atoms with Crippen molar-refractivity contribution >= 4 is 12.3 Å². The van der Waals surface area contributed by atoms with Crippen molar-refractivity contribution < 1.29 is 14.3 Å². The fourth-order valence-corrected chi connectivity index (χ4v) is 3.35. The number of carbonyl (C=O) groups is 2. The molecule has 0 heterocycles. The van der Waals surface area contributed by atoms with Gasteiger partial charge in [-0.1, -0.05) is 63.7 Å². The third kappa shape index (κ3) is 9.05. The van der Waals surface area contributed by atoms with E-state index in [2.05, 4.69) is 13.0 Å². The SMILES string of the molecule is CCCCCCCCC(C=CC=C[C@@H]1CCC[C@H]1C=O)OC(C)=O. The summed E-state index contributed by atoms with van der Waals surface area (Å²) in [7, 11) is 0. The molecule has 1 fully saturated rings. The Bertz CT molecular complexity index is 411. The smallest absolute Gasteiger partial charge is 0.303 e. The third-order valence-corrected chi connectivity index (χ3v) is 4.75. The lowest BCUT2D eigenvalue weighted by molar-refractivity contribution is -0.144. The average molecular weight is 335 g/mol. The summed E-state index contributed by atoms with van der Waals surface area (Å²) in [6.07, 6.45) is 20.6. The molecule has 3 atom stereocenters. The van der Waals surface area contributed by atoms with Crippen LogP contribution in [0.25, 0.3) is 0 Å². The second kappa shape index (κ2) is 13.0. The van der Waals surface area contributed by atoms with Crippen LogP contribution in [0.5, 0.6) is 0 Å². The fraction of sp³-hybridized carbons (Fsp3) is 0.714. The lowest BCUT2D eigenvalue weighted by atomic mass is 9.97. The summed E-state index contributed by atoms with van der Waals surface area (Å²) in [4.78, 5) is 22.2. The van der Waals surface area contributed by atoms with Crippen LogP contribution in [0, 0.1) is 11.8 Å². The van der Waals surface area contributed by atoms with Crippen LogP contribution >= 0.6 is 0 Å². The first-order chi connectivity index (χ1) is 11.7. The first-order valence-corrected chi connectivity index (χ1v) is 9.64. The second-order valence-corrected chi connectivity index (χ2v) is 6.87. The Balaban J connectivity index is 2.35. The molecule has 0 aromatic heterocycles. The highest BCUT2D eigenvalue weighted by Crippen LogP contribution is 2.31. The number of rotatable bonds is 12. The van der Waals surface area contributed by atoms with Crippen LogP contribution in [0.2, 0.25) is 0 Å². The standard InChI is InChI=1S/C21H34O3/c1-3-4-5-6-7-8-15-21(24-18(2)23)16-10-9-12-19-13-11-14-20(19)17-22/h9-10,12,16-17,19-21H,3-8,11,13-15H2,1-2H3/t19-,20+,21?/m1/s1. The first-order valence-electron chi connectivity index (χ1n) is 9.64. The van der Waals surface area contributed by atoms with E-state index in [1.807, 2.05) is 18.2 Å². The van der Waals surface area contributed by atoms with Gasteiger partial charge in [-0.2, -0.15) is 0 Å². The van der Waals surface area contributed by atoms with Crippen LogP contribution in [0.4, 0.5) is 0 Å². The van der Waals surface area contributed by atoms with E-state index in [0.717, 1.165) is 38.4 Å². The van der Waals surface area contributed by atoms with E-state index in [0.29, 0.717) is 5.92 Å². The van der Waals surface area contributed by atoms with Gasteiger partial charge in [0.05, 0.1) is 0 Å². The molecule has 0 saturated heterocycles. The van der Waals surface area contributed by atoms with E-state index >= 15 is 0 Å². The molecule has 0 spiro atoms. The molecule has 0 aliphatic heterocycles. The number of hydrogen-bond donors (Lipinski definition) is 0. The molecule has 0 amide bonds. The molecule has 1 aliphatic carbocycles. The summed E-state index contributed by atoms with van der Waals surface area (Å²) in [5.74, 6) is 0.330. The van der Waals surface area contributed by atoms with Crippen LogP contribution in [0.3, 0.4) is 0 Å². The highest BCUT2D eigenvalue weighted by atomic mass is 16.5. The molecule has 1 saturated carbocycles. The van der Waals surface area contributed by atoms with Gasteiger partial charge in [0.1, 0.15) is 12.4 Å².